The van der Waals surface area contributed by atoms with Crippen LogP contribution in [0.15, 0.2) is 41.4 Å². The number of benzene rings is 1. The standard InChI is InChI=1S/C12H9ClFN3O2S2/c13-9-5-7(14)1-3-10(9)17-21(18,19)8-2-4-11(12(15)20)16-6-8/h1-6,17H,(H2,15,20). The summed E-state index contributed by atoms with van der Waals surface area (Å²) >= 11 is 10.5. The van der Waals surface area contributed by atoms with Gasteiger partial charge in [0.2, 0.25) is 0 Å². The Morgan fingerprint density at radius 1 is 1.33 bits per heavy atom. The molecule has 3 N–H and O–H groups in total. The summed E-state index contributed by atoms with van der Waals surface area (Å²) in [5.74, 6) is -0.564. The minimum Gasteiger partial charge on any atom is -0.388 e. The van der Waals surface area contributed by atoms with E-state index in [1.54, 1.807) is 0 Å². The number of thiocarbonyl (C=S) groups is 1. The lowest BCUT2D eigenvalue weighted by atomic mass is 10.3. The smallest absolute Gasteiger partial charge is 0.263 e. The van der Waals surface area contributed by atoms with E-state index in [9.17, 15) is 12.8 Å². The van der Waals surface area contributed by atoms with Crippen molar-refractivity contribution in [3.8, 4) is 0 Å². The molecule has 0 spiro atoms. The number of nitrogens with two attached hydrogens (primary N) is 1. The highest BCUT2D eigenvalue weighted by molar-refractivity contribution is 7.92. The Bertz CT molecular complexity index is 795. The number of aromatic nitrogens is 1. The second kappa shape index (κ2) is 5.92. The first kappa shape index (κ1) is 15.6. The second-order valence-electron chi connectivity index (χ2n) is 3.97. The number of nitrogens with one attached hydrogen (secondary N) is 1. The monoisotopic (exact) mass is 345 g/mol. The summed E-state index contributed by atoms with van der Waals surface area (Å²) in [5, 5.41) is -0.0497. The molecule has 0 radical (unpaired) electrons. The van der Waals surface area contributed by atoms with Gasteiger partial charge >= 0.3 is 0 Å². The predicted octanol–water partition coefficient (Wildman–Crippen LogP) is 2.31. The van der Waals surface area contributed by atoms with E-state index < -0.39 is 15.8 Å². The Labute approximate surface area is 131 Å². The maximum absolute atomic E-state index is 12.9. The van der Waals surface area contributed by atoms with Crippen LogP contribution in [0.25, 0.3) is 0 Å². The van der Waals surface area contributed by atoms with Gasteiger partial charge in [-0.25, -0.2) is 12.8 Å². The van der Waals surface area contributed by atoms with E-state index in [1.807, 2.05) is 0 Å². The number of pyridine rings is 1. The molecule has 0 fully saturated rings. The van der Waals surface area contributed by atoms with E-state index in [0.717, 1.165) is 18.3 Å². The van der Waals surface area contributed by atoms with Crippen molar-refractivity contribution in [2.75, 3.05) is 4.72 Å². The molecule has 110 valence electrons. The molecule has 2 rings (SSSR count). The third-order valence-corrected chi connectivity index (χ3v) is 4.35. The summed E-state index contributed by atoms with van der Waals surface area (Å²) in [6.07, 6.45) is 1.12. The van der Waals surface area contributed by atoms with Crippen LogP contribution in [0.1, 0.15) is 5.69 Å². The number of halogens is 2. The van der Waals surface area contributed by atoms with E-state index >= 15 is 0 Å². The van der Waals surface area contributed by atoms with Crippen molar-refractivity contribution in [2.24, 2.45) is 5.73 Å². The number of hydrogen-bond acceptors (Lipinski definition) is 4. The van der Waals surface area contributed by atoms with Gasteiger partial charge in [0.05, 0.1) is 16.4 Å². The van der Waals surface area contributed by atoms with Crippen LogP contribution in [0.5, 0.6) is 0 Å². The van der Waals surface area contributed by atoms with Crippen molar-refractivity contribution >= 4 is 44.5 Å². The van der Waals surface area contributed by atoms with Crippen molar-refractivity contribution in [1.82, 2.24) is 4.98 Å². The molecule has 0 saturated heterocycles. The van der Waals surface area contributed by atoms with Crippen molar-refractivity contribution in [1.29, 1.82) is 0 Å². The molecule has 0 saturated carbocycles. The van der Waals surface area contributed by atoms with Gasteiger partial charge in [-0.2, -0.15) is 0 Å². The van der Waals surface area contributed by atoms with Crippen LogP contribution < -0.4 is 10.5 Å². The fourth-order valence-electron chi connectivity index (χ4n) is 1.46. The lowest BCUT2D eigenvalue weighted by molar-refractivity contribution is 0.600. The van der Waals surface area contributed by atoms with Crippen LogP contribution in [0.4, 0.5) is 10.1 Å². The third-order valence-electron chi connectivity index (χ3n) is 2.47. The molecule has 0 atom stereocenters. The quantitative estimate of drug-likeness (QED) is 0.830. The number of nitrogens with zero attached hydrogens (tertiary/aromatic N) is 1. The van der Waals surface area contributed by atoms with Gasteiger partial charge in [-0.15, -0.1) is 0 Å². The second-order valence-corrected chi connectivity index (χ2v) is 6.50. The highest BCUT2D eigenvalue weighted by Gasteiger charge is 2.16. The maximum Gasteiger partial charge on any atom is 0.263 e. The Balaban J connectivity index is 2.31. The molecular formula is C12H9ClFN3O2S2. The Morgan fingerprint density at radius 3 is 2.57 bits per heavy atom. The van der Waals surface area contributed by atoms with Crippen LogP contribution in [-0.2, 0) is 10.0 Å². The third kappa shape index (κ3) is 3.66. The van der Waals surface area contributed by atoms with E-state index in [1.165, 1.54) is 18.2 Å². The zero-order chi connectivity index (χ0) is 15.6. The zero-order valence-corrected chi connectivity index (χ0v) is 12.8. The normalized spacial score (nSPS) is 11.1. The highest BCUT2D eigenvalue weighted by atomic mass is 35.5. The first-order chi connectivity index (χ1) is 9.79. The molecule has 0 unspecified atom stereocenters. The number of anilines is 1. The topological polar surface area (TPSA) is 85.1 Å². The van der Waals surface area contributed by atoms with Gasteiger partial charge in [0.15, 0.2) is 0 Å². The lowest BCUT2D eigenvalue weighted by Crippen LogP contribution is -2.15. The summed E-state index contributed by atoms with van der Waals surface area (Å²) in [6, 6.07) is 6.03. The maximum atomic E-state index is 12.9. The fraction of sp³-hybridized carbons (Fsp3) is 0. The minimum absolute atomic E-state index is 0.0497. The number of rotatable bonds is 4. The van der Waals surface area contributed by atoms with Gasteiger partial charge < -0.3 is 5.73 Å². The molecule has 21 heavy (non-hydrogen) atoms. The van der Waals surface area contributed by atoms with Crippen molar-refractivity contribution < 1.29 is 12.8 Å². The summed E-state index contributed by atoms with van der Waals surface area (Å²) in [4.78, 5) is 3.81. The summed E-state index contributed by atoms with van der Waals surface area (Å²) in [5.41, 5.74) is 5.76. The average molecular weight is 346 g/mol. The van der Waals surface area contributed by atoms with Crippen molar-refractivity contribution in [2.45, 2.75) is 4.90 Å². The van der Waals surface area contributed by atoms with Crippen LogP contribution in [0.3, 0.4) is 0 Å². The molecule has 0 aliphatic heterocycles. The summed E-state index contributed by atoms with van der Waals surface area (Å²) in [6.45, 7) is 0. The molecule has 1 aromatic carbocycles. The molecule has 0 aliphatic rings. The molecule has 9 heteroatoms. The lowest BCUT2D eigenvalue weighted by Gasteiger charge is -2.09. The molecule has 5 nitrogen and oxygen atoms in total. The summed E-state index contributed by atoms with van der Waals surface area (Å²) in [7, 11) is -3.89. The van der Waals surface area contributed by atoms with Gasteiger partial charge in [-0.3, -0.25) is 9.71 Å². The van der Waals surface area contributed by atoms with E-state index in [0.29, 0.717) is 5.69 Å². The largest absolute Gasteiger partial charge is 0.388 e. The van der Waals surface area contributed by atoms with E-state index in [-0.39, 0.29) is 20.6 Å². The van der Waals surface area contributed by atoms with Gasteiger partial charge in [0.25, 0.3) is 10.0 Å². The first-order valence-electron chi connectivity index (χ1n) is 5.53. The van der Waals surface area contributed by atoms with Crippen LogP contribution in [0.2, 0.25) is 5.02 Å². The molecular weight excluding hydrogens is 337 g/mol. The van der Waals surface area contributed by atoms with E-state index in [4.69, 9.17) is 29.6 Å². The number of hydrogen-bond donors (Lipinski definition) is 2. The van der Waals surface area contributed by atoms with Gasteiger partial charge in [-0.1, -0.05) is 23.8 Å². The molecule has 0 aliphatic carbocycles. The van der Waals surface area contributed by atoms with Gasteiger partial charge in [-0.05, 0) is 30.3 Å². The molecule has 1 aromatic heterocycles. The molecule has 0 bridgehead atoms. The van der Waals surface area contributed by atoms with Gasteiger partial charge in [0.1, 0.15) is 15.7 Å². The Kier molecular flexibility index (Phi) is 4.40. The summed E-state index contributed by atoms with van der Waals surface area (Å²) < 4.78 is 39.5. The SMILES string of the molecule is NC(=S)c1ccc(S(=O)(=O)Nc2ccc(F)cc2Cl)cn1. The average Bonchev–Trinajstić information content (AvgIpc) is 2.42. The fourth-order valence-corrected chi connectivity index (χ4v) is 2.88. The predicted molar refractivity (Wildman–Crippen MR) is 82.3 cm³/mol. The van der Waals surface area contributed by atoms with E-state index in [2.05, 4.69) is 9.71 Å². The first-order valence-corrected chi connectivity index (χ1v) is 7.80. The Morgan fingerprint density at radius 2 is 2.05 bits per heavy atom. The number of sulfonamides is 1. The molecule has 2 aromatic rings. The Hall–Kier alpha value is -1.77. The van der Waals surface area contributed by atoms with Crippen LogP contribution >= 0.6 is 23.8 Å². The van der Waals surface area contributed by atoms with Crippen molar-refractivity contribution in [3.63, 3.8) is 0 Å². The van der Waals surface area contributed by atoms with Crippen LogP contribution in [-0.4, -0.2) is 18.4 Å². The highest BCUT2D eigenvalue weighted by Crippen LogP contribution is 2.25. The molecule has 0 amide bonds. The van der Waals surface area contributed by atoms with Crippen LogP contribution in [0, 0.1) is 5.82 Å². The molecule has 1 heterocycles. The van der Waals surface area contributed by atoms with Crippen molar-refractivity contribution in [3.05, 3.63) is 53.1 Å². The minimum atomic E-state index is -3.89. The van der Waals surface area contributed by atoms with Gasteiger partial charge in [0, 0.05) is 6.20 Å². The zero-order valence-electron chi connectivity index (χ0n) is 10.4.